The molecule has 1 heterocycles. The van der Waals surface area contributed by atoms with Gasteiger partial charge in [-0.1, -0.05) is 0 Å². The average molecular weight is 392 g/mol. The number of rotatable bonds is 7. The first-order valence-electron chi connectivity index (χ1n) is 8.87. The van der Waals surface area contributed by atoms with E-state index in [2.05, 4.69) is 15.6 Å². The zero-order valence-corrected chi connectivity index (χ0v) is 17.5. The van der Waals surface area contributed by atoms with Gasteiger partial charge in [0.1, 0.15) is 5.60 Å². The lowest BCUT2D eigenvalue weighted by molar-refractivity contribution is 0.00701. The number of carbonyl (C=O) groups excluding carboxylic acids is 1. The van der Waals surface area contributed by atoms with Crippen LogP contribution >= 0.6 is 0 Å². The van der Waals surface area contributed by atoms with Crippen LogP contribution in [0.25, 0.3) is 0 Å². The molecule has 0 aromatic rings. The minimum Gasteiger partial charge on any atom is -0.444 e. The second kappa shape index (κ2) is 9.40. The molecule has 0 bridgehead atoms. The minimum absolute atomic E-state index is 0.107. The summed E-state index contributed by atoms with van der Waals surface area (Å²) in [6.07, 6.45) is 0.365. The molecule has 10 heteroatoms. The van der Waals surface area contributed by atoms with Crippen molar-refractivity contribution in [3.8, 4) is 0 Å². The molecule has 1 aliphatic heterocycles. The number of nitrogens with one attached hydrogen (secondary N) is 2. The van der Waals surface area contributed by atoms with Crippen molar-refractivity contribution in [2.45, 2.75) is 45.8 Å². The Morgan fingerprint density at radius 2 is 1.96 bits per heavy atom. The lowest BCUT2D eigenvalue weighted by atomic mass is 10.1. The van der Waals surface area contributed by atoms with Crippen molar-refractivity contribution >= 4 is 22.1 Å². The van der Waals surface area contributed by atoms with Gasteiger partial charge in [0.25, 0.3) is 0 Å². The molecular formula is C16H33N5O4S. The van der Waals surface area contributed by atoms with Gasteiger partial charge < -0.3 is 20.3 Å². The Hall–Kier alpha value is -1.55. The van der Waals surface area contributed by atoms with Gasteiger partial charge in [-0.05, 0) is 34.1 Å². The van der Waals surface area contributed by atoms with E-state index in [1.165, 1.54) is 4.31 Å². The lowest BCUT2D eigenvalue weighted by Crippen LogP contribution is -2.63. The van der Waals surface area contributed by atoms with E-state index in [1.54, 1.807) is 25.9 Å². The number of carbonyl (C=O) groups is 1. The summed E-state index contributed by atoms with van der Waals surface area (Å²) in [6, 6.07) is 0.122. The highest BCUT2D eigenvalue weighted by Crippen LogP contribution is 2.15. The van der Waals surface area contributed by atoms with Crippen LogP contribution in [0.5, 0.6) is 0 Å². The van der Waals surface area contributed by atoms with Gasteiger partial charge in [-0.3, -0.25) is 4.99 Å². The average Bonchev–Trinajstić information content (AvgIpc) is 2.49. The van der Waals surface area contributed by atoms with Crippen LogP contribution in [0, 0.1) is 0 Å². The van der Waals surface area contributed by atoms with Crippen LogP contribution in [0.4, 0.5) is 4.79 Å². The number of nitrogens with zero attached hydrogens (tertiary/aromatic N) is 3. The summed E-state index contributed by atoms with van der Waals surface area (Å²) < 4.78 is 30.0. The van der Waals surface area contributed by atoms with Crippen molar-refractivity contribution in [2.24, 2.45) is 4.99 Å². The Labute approximate surface area is 157 Å². The highest BCUT2D eigenvalue weighted by atomic mass is 32.2. The molecule has 0 unspecified atom stereocenters. The molecule has 1 aliphatic rings. The Bertz CT molecular complexity index is 594. The maximum absolute atomic E-state index is 11.9. The van der Waals surface area contributed by atoms with Crippen molar-refractivity contribution in [2.75, 3.05) is 46.0 Å². The SMILES string of the molecule is CCS(=O)(=O)N(C)CCCNC(=NC)NC1CN(C(=O)OC(C)(C)C)C1. The van der Waals surface area contributed by atoms with Crippen LogP contribution in [-0.4, -0.2) is 87.3 Å². The van der Waals surface area contributed by atoms with Gasteiger partial charge in [0.15, 0.2) is 5.96 Å². The summed E-state index contributed by atoms with van der Waals surface area (Å²) in [7, 11) is 0.127. The molecule has 0 atom stereocenters. The topological polar surface area (TPSA) is 103 Å². The molecule has 26 heavy (non-hydrogen) atoms. The van der Waals surface area contributed by atoms with E-state index in [0.717, 1.165) is 0 Å². The fourth-order valence-corrected chi connectivity index (χ4v) is 3.15. The van der Waals surface area contributed by atoms with Gasteiger partial charge >= 0.3 is 6.09 Å². The number of likely N-dealkylation sites (tertiary alicyclic amines) is 1. The third kappa shape index (κ3) is 7.36. The fraction of sp³-hybridized carbons (Fsp3) is 0.875. The molecule has 0 aliphatic carbocycles. The lowest BCUT2D eigenvalue weighted by Gasteiger charge is -2.40. The molecule has 1 amide bonds. The first kappa shape index (κ1) is 22.5. The molecule has 0 aromatic heterocycles. The molecule has 1 fully saturated rings. The van der Waals surface area contributed by atoms with E-state index in [4.69, 9.17) is 4.74 Å². The van der Waals surface area contributed by atoms with Crippen LogP contribution < -0.4 is 10.6 Å². The number of aliphatic imine (C=N–C) groups is 1. The Kier molecular flexibility index (Phi) is 8.14. The second-order valence-corrected chi connectivity index (χ2v) is 9.67. The molecule has 1 saturated heterocycles. The number of guanidine groups is 1. The Balaban J connectivity index is 2.26. The minimum atomic E-state index is -3.14. The van der Waals surface area contributed by atoms with Gasteiger partial charge in [-0.25, -0.2) is 17.5 Å². The summed E-state index contributed by atoms with van der Waals surface area (Å²) in [5.74, 6) is 0.746. The van der Waals surface area contributed by atoms with Crippen LogP contribution in [0.1, 0.15) is 34.1 Å². The maximum atomic E-state index is 11.9. The number of hydrogen-bond donors (Lipinski definition) is 2. The molecule has 0 radical (unpaired) electrons. The standard InChI is InChI=1S/C16H33N5O4S/c1-7-26(23,24)20(6)10-8-9-18-14(17-5)19-13-11-21(12-13)15(22)25-16(2,3)4/h13H,7-12H2,1-6H3,(H2,17,18,19). The molecule has 2 N–H and O–H groups in total. The summed E-state index contributed by atoms with van der Waals surface area (Å²) in [5.41, 5.74) is -0.494. The summed E-state index contributed by atoms with van der Waals surface area (Å²) in [6.45, 7) is 9.34. The van der Waals surface area contributed by atoms with E-state index in [-0.39, 0.29) is 17.9 Å². The number of ether oxygens (including phenoxy) is 1. The van der Waals surface area contributed by atoms with E-state index >= 15 is 0 Å². The molecule has 0 aromatic carbocycles. The van der Waals surface area contributed by atoms with Gasteiger partial charge in [-0.2, -0.15) is 0 Å². The Morgan fingerprint density at radius 3 is 2.46 bits per heavy atom. The molecular weight excluding hydrogens is 358 g/mol. The third-order valence-electron chi connectivity index (χ3n) is 3.88. The van der Waals surface area contributed by atoms with Crippen LogP contribution in [0.15, 0.2) is 4.99 Å². The third-order valence-corrected chi connectivity index (χ3v) is 5.74. The van der Waals surface area contributed by atoms with Crippen molar-refractivity contribution in [3.05, 3.63) is 0 Å². The van der Waals surface area contributed by atoms with E-state index in [0.29, 0.717) is 38.6 Å². The fourth-order valence-electron chi connectivity index (χ4n) is 2.30. The maximum Gasteiger partial charge on any atom is 0.410 e. The zero-order valence-electron chi connectivity index (χ0n) is 16.7. The highest BCUT2D eigenvalue weighted by Gasteiger charge is 2.34. The second-order valence-electron chi connectivity index (χ2n) is 7.30. The summed E-state index contributed by atoms with van der Waals surface area (Å²) in [5, 5.41) is 6.40. The molecule has 152 valence electrons. The van der Waals surface area contributed by atoms with Gasteiger partial charge in [-0.15, -0.1) is 0 Å². The van der Waals surface area contributed by atoms with E-state index < -0.39 is 15.6 Å². The first-order chi connectivity index (χ1) is 12.0. The van der Waals surface area contributed by atoms with Crippen molar-refractivity contribution in [1.82, 2.24) is 19.8 Å². The number of hydrogen-bond acceptors (Lipinski definition) is 5. The van der Waals surface area contributed by atoms with E-state index in [1.807, 2.05) is 20.8 Å². The van der Waals surface area contributed by atoms with E-state index in [9.17, 15) is 13.2 Å². The number of amides is 1. The van der Waals surface area contributed by atoms with Crippen molar-refractivity contribution in [1.29, 1.82) is 0 Å². The normalized spacial score (nSPS) is 16.4. The zero-order chi connectivity index (χ0) is 20.0. The smallest absolute Gasteiger partial charge is 0.410 e. The van der Waals surface area contributed by atoms with Crippen molar-refractivity contribution in [3.63, 3.8) is 0 Å². The van der Waals surface area contributed by atoms with Gasteiger partial charge in [0.2, 0.25) is 10.0 Å². The molecule has 9 nitrogen and oxygen atoms in total. The first-order valence-corrected chi connectivity index (χ1v) is 10.5. The Morgan fingerprint density at radius 1 is 1.35 bits per heavy atom. The van der Waals surface area contributed by atoms with Crippen molar-refractivity contribution < 1.29 is 17.9 Å². The van der Waals surface area contributed by atoms with Crippen LogP contribution in [-0.2, 0) is 14.8 Å². The summed E-state index contributed by atoms with van der Waals surface area (Å²) >= 11 is 0. The summed E-state index contributed by atoms with van der Waals surface area (Å²) in [4.78, 5) is 17.7. The predicted molar refractivity (Wildman–Crippen MR) is 103 cm³/mol. The van der Waals surface area contributed by atoms with Crippen LogP contribution in [0.3, 0.4) is 0 Å². The van der Waals surface area contributed by atoms with Crippen LogP contribution in [0.2, 0.25) is 0 Å². The van der Waals surface area contributed by atoms with Gasteiger partial charge in [0, 0.05) is 40.3 Å². The molecule has 1 rings (SSSR count). The molecule has 0 saturated carbocycles. The predicted octanol–water partition coefficient (Wildman–Crippen LogP) is 0.442. The van der Waals surface area contributed by atoms with Gasteiger partial charge in [0.05, 0.1) is 11.8 Å². The quantitative estimate of drug-likeness (QED) is 0.371. The highest BCUT2D eigenvalue weighted by molar-refractivity contribution is 7.89. The molecule has 0 spiro atoms. The largest absolute Gasteiger partial charge is 0.444 e. The monoisotopic (exact) mass is 391 g/mol. The number of sulfonamides is 1.